The Morgan fingerprint density at radius 1 is 1.17 bits per heavy atom. The van der Waals surface area contributed by atoms with Crippen molar-refractivity contribution in [3.8, 4) is 11.5 Å². The van der Waals surface area contributed by atoms with Crippen molar-refractivity contribution in [3.05, 3.63) is 83.2 Å². The van der Waals surface area contributed by atoms with E-state index >= 15 is 0 Å². The van der Waals surface area contributed by atoms with Crippen LogP contribution >= 0.6 is 11.6 Å². The highest BCUT2D eigenvalue weighted by molar-refractivity contribution is 6.31. The van der Waals surface area contributed by atoms with Crippen molar-refractivity contribution in [1.29, 1.82) is 0 Å². The number of carboxylic acid groups (broad SMARTS) is 1. The second kappa shape index (κ2) is 8.92. The molecular weight excluding hydrogens is 397 g/mol. The first-order valence-corrected chi connectivity index (χ1v) is 9.36. The van der Waals surface area contributed by atoms with E-state index in [1.807, 2.05) is 0 Å². The molecule has 150 valence electrons. The van der Waals surface area contributed by atoms with Gasteiger partial charge in [-0.3, -0.25) is 9.59 Å². The molecule has 0 fully saturated rings. The quantitative estimate of drug-likeness (QED) is 0.668. The Labute approximate surface area is 172 Å². The number of hydrogen-bond acceptors (Lipinski definition) is 3. The van der Waals surface area contributed by atoms with Gasteiger partial charge in [-0.1, -0.05) is 35.9 Å². The van der Waals surface area contributed by atoms with Crippen LogP contribution in [0.4, 0.5) is 4.39 Å². The topological polar surface area (TPSA) is 75.6 Å². The van der Waals surface area contributed by atoms with Crippen molar-refractivity contribution in [2.24, 2.45) is 5.41 Å². The molecule has 1 aliphatic carbocycles. The molecule has 1 amide bonds. The van der Waals surface area contributed by atoms with Gasteiger partial charge in [-0.25, -0.2) is 4.39 Å². The van der Waals surface area contributed by atoms with Crippen LogP contribution in [-0.2, 0) is 4.79 Å². The third-order valence-electron chi connectivity index (χ3n) is 4.65. The molecule has 2 aromatic carbocycles. The van der Waals surface area contributed by atoms with Gasteiger partial charge in [0.25, 0.3) is 5.91 Å². The lowest BCUT2D eigenvalue weighted by molar-refractivity contribution is -0.146. The second-order valence-corrected chi connectivity index (χ2v) is 7.09. The standard InChI is InChI=1S/C22H19ClFNO4/c23-15-4-9-19(29-17-7-5-16(24)6-8-17)18(14-15)20(26)25-13-12-22(21(27)28)10-2-1-3-11-22/h1-10,14H,11-13H2,(H,25,26)(H,27,28)/t22-/m0/s1. The van der Waals surface area contributed by atoms with E-state index in [4.69, 9.17) is 16.3 Å². The second-order valence-electron chi connectivity index (χ2n) is 6.66. The SMILES string of the molecule is O=C(NCC[C@]1(C(=O)O)C=CC=CC1)c1cc(Cl)ccc1Oc1ccc(F)cc1. The van der Waals surface area contributed by atoms with Crippen LogP contribution in [0.3, 0.4) is 0 Å². The lowest BCUT2D eigenvalue weighted by Gasteiger charge is -2.26. The first kappa shape index (κ1) is 20.6. The number of carbonyl (C=O) groups is 2. The van der Waals surface area contributed by atoms with E-state index in [2.05, 4.69) is 5.32 Å². The normalized spacial score (nSPS) is 17.7. The summed E-state index contributed by atoms with van der Waals surface area (Å²) in [5.74, 6) is -1.15. The maximum absolute atomic E-state index is 13.1. The summed E-state index contributed by atoms with van der Waals surface area (Å²) in [6.45, 7) is 0.159. The molecule has 2 N–H and O–H groups in total. The van der Waals surface area contributed by atoms with Gasteiger partial charge >= 0.3 is 5.97 Å². The summed E-state index contributed by atoms with van der Waals surface area (Å²) >= 11 is 6.02. The molecule has 0 saturated carbocycles. The average Bonchev–Trinajstić information content (AvgIpc) is 2.71. The number of allylic oxidation sites excluding steroid dienone is 3. The molecule has 2 aromatic rings. The molecule has 0 saturated heterocycles. The molecule has 29 heavy (non-hydrogen) atoms. The van der Waals surface area contributed by atoms with E-state index < -0.39 is 23.1 Å². The molecule has 7 heteroatoms. The molecule has 0 unspecified atom stereocenters. The minimum atomic E-state index is -1.04. The Morgan fingerprint density at radius 2 is 1.93 bits per heavy atom. The van der Waals surface area contributed by atoms with Gasteiger partial charge in [0.1, 0.15) is 17.3 Å². The Balaban J connectivity index is 1.71. The zero-order valence-corrected chi connectivity index (χ0v) is 16.2. The lowest BCUT2D eigenvalue weighted by atomic mass is 9.79. The fourth-order valence-electron chi connectivity index (χ4n) is 3.01. The highest BCUT2D eigenvalue weighted by Gasteiger charge is 2.35. The molecule has 1 atom stereocenters. The fourth-order valence-corrected chi connectivity index (χ4v) is 3.18. The molecule has 0 aromatic heterocycles. The number of hydrogen-bond donors (Lipinski definition) is 2. The zero-order chi connectivity index (χ0) is 20.9. The summed E-state index contributed by atoms with van der Waals surface area (Å²) in [4.78, 5) is 24.4. The smallest absolute Gasteiger partial charge is 0.313 e. The molecule has 0 bridgehead atoms. The predicted octanol–water partition coefficient (Wildman–Crippen LogP) is 4.98. The summed E-state index contributed by atoms with van der Waals surface area (Å²) in [6.07, 6.45) is 7.54. The largest absolute Gasteiger partial charge is 0.481 e. The molecular formula is C22H19ClFNO4. The van der Waals surface area contributed by atoms with E-state index in [-0.39, 0.29) is 24.3 Å². The van der Waals surface area contributed by atoms with E-state index in [0.717, 1.165) is 0 Å². The number of carboxylic acids is 1. The third-order valence-corrected chi connectivity index (χ3v) is 4.89. The van der Waals surface area contributed by atoms with Gasteiger partial charge in [0.15, 0.2) is 0 Å². The number of benzene rings is 2. The van der Waals surface area contributed by atoms with E-state index in [0.29, 0.717) is 17.2 Å². The maximum Gasteiger partial charge on any atom is 0.313 e. The first-order chi connectivity index (χ1) is 13.9. The molecule has 5 nitrogen and oxygen atoms in total. The van der Waals surface area contributed by atoms with Crippen LogP contribution in [0.15, 0.2) is 66.8 Å². The molecule has 0 spiro atoms. The van der Waals surface area contributed by atoms with E-state index in [9.17, 15) is 19.1 Å². The molecule has 1 aliphatic rings. The van der Waals surface area contributed by atoms with Crippen molar-refractivity contribution >= 4 is 23.5 Å². The number of rotatable bonds is 7. The molecule has 3 rings (SSSR count). The zero-order valence-electron chi connectivity index (χ0n) is 15.4. The lowest BCUT2D eigenvalue weighted by Crippen LogP contribution is -2.35. The van der Waals surface area contributed by atoms with Crippen molar-refractivity contribution in [3.63, 3.8) is 0 Å². The summed E-state index contributed by atoms with van der Waals surface area (Å²) in [5.41, 5.74) is -0.839. The van der Waals surface area contributed by atoms with Crippen LogP contribution in [0.25, 0.3) is 0 Å². The number of halogens is 2. The minimum absolute atomic E-state index is 0.159. The van der Waals surface area contributed by atoms with Crippen LogP contribution in [-0.4, -0.2) is 23.5 Å². The van der Waals surface area contributed by atoms with Crippen molar-refractivity contribution in [1.82, 2.24) is 5.32 Å². The van der Waals surface area contributed by atoms with Gasteiger partial charge in [-0.15, -0.1) is 0 Å². The van der Waals surface area contributed by atoms with Gasteiger partial charge in [0.2, 0.25) is 0 Å². The van der Waals surface area contributed by atoms with E-state index in [1.54, 1.807) is 36.4 Å². The summed E-state index contributed by atoms with van der Waals surface area (Å²) in [7, 11) is 0. The van der Waals surface area contributed by atoms with Crippen molar-refractivity contribution in [2.75, 3.05) is 6.54 Å². The Kier molecular flexibility index (Phi) is 6.34. The van der Waals surface area contributed by atoms with Crippen LogP contribution in [0.5, 0.6) is 11.5 Å². The van der Waals surface area contributed by atoms with Gasteiger partial charge in [0, 0.05) is 11.6 Å². The van der Waals surface area contributed by atoms with Crippen LogP contribution in [0, 0.1) is 11.2 Å². The van der Waals surface area contributed by atoms with Crippen LogP contribution in [0.2, 0.25) is 5.02 Å². The summed E-state index contributed by atoms with van der Waals surface area (Å²) in [5, 5.41) is 12.7. The number of nitrogens with one attached hydrogen (secondary N) is 1. The number of ether oxygens (including phenoxy) is 1. The Morgan fingerprint density at radius 3 is 2.59 bits per heavy atom. The maximum atomic E-state index is 13.1. The number of carbonyl (C=O) groups excluding carboxylic acids is 1. The Bertz CT molecular complexity index is 971. The Hall–Kier alpha value is -3.12. The van der Waals surface area contributed by atoms with Crippen LogP contribution < -0.4 is 10.1 Å². The fraction of sp³-hybridized carbons (Fsp3) is 0.182. The molecule has 0 heterocycles. The predicted molar refractivity (Wildman–Crippen MR) is 108 cm³/mol. The highest BCUT2D eigenvalue weighted by atomic mass is 35.5. The summed E-state index contributed by atoms with van der Waals surface area (Å²) in [6, 6.07) is 10.00. The number of amides is 1. The average molecular weight is 416 g/mol. The minimum Gasteiger partial charge on any atom is -0.481 e. The summed E-state index contributed by atoms with van der Waals surface area (Å²) < 4.78 is 18.8. The number of aliphatic carboxylic acids is 1. The molecule has 0 radical (unpaired) electrons. The van der Waals surface area contributed by atoms with Crippen LogP contribution in [0.1, 0.15) is 23.2 Å². The van der Waals surface area contributed by atoms with Crippen molar-refractivity contribution < 1.29 is 23.8 Å². The van der Waals surface area contributed by atoms with Crippen molar-refractivity contribution in [2.45, 2.75) is 12.8 Å². The van der Waals surface area contributed by atoms with Gasteiger partial charge in [-0.05, 0) is 55.3 Å². The highest BCUT2D eigenvalue weighted by Crippen LogP contribution is 2.32. The van der Waals surface area contributed by atoms with E-state index in [1.165, 1.54) is 30.3 Å². The monoisotopic (exact) mass is 415 g/mol. The van der Waals surface area contributed by atoms with Gasteiger partial charge < -0.3 is 15.2 Å². The van der Waals surface area contributed by atoms with Gasteiger partial charge in [0.05, 0.1) is 11.0 Å². The first-order valence-electron chi connectivity index (χ1n) is 8.99. The molecule has 0 aliphatic heterocycles. The third kappa shape index (κ3) is 5.03. The van der Waals surface area contributed by atoms with Gasteiger partial charge in [-0.2, -0.15) is 0 Å².